The van der Waals surface area contributed by atoms with E-state index in [0.29, 0.717) is 23.0 Å². The van der Waals surface area contributed by atoms with E-state index in [4.69, 9.17) is 4.74 Å². The highest BCUT2D eigenvalue weighted by Gasteiger charge is 2.18. The van der Waals surface area contributed by atoms with Crippen LogP contribution in [0.15, 0.2) is 76.8 Å². The Morgan fingerprint density at radius 1 is 1.00 bits per heavy atom. The Morgan fingerprint density at radius 3 is 2.32 bits per heavy atom. The largest absolute Gasteiger partial charge is 0.456 e. The molecule has 0 unspecified atom stereocenters. The summed E-state index contributed by atoms with van der Waals surface area (Å²) in [5.41, 5.74) is 1.90. The van der Waals surface area contributed by atoms with Crippen LogP contribution in [0.5, 0.6) is 0 Å². The minimum atomic E-state index is -0.579. The monoisotopic (exact) mass is 516 g/mol. The van der Waals surface area contributed by atoms with Gasteiger partial charge in [-0.2, -0.15) is 0 Å². The van der Waals surface area contributed by atoms with Crippen LogP contribution >= 0.6 is 11.8 Å². The molecule has 37 heavy (non-hydrogen) atoms. The molecule has 0 aliphatic rings. The third kappa shape index (κ3) is 6.62. The molecule has 4 rings (SSSR count). The summed E-state index contributed by atoms with van der Waals surface area (Å²) >= 11 is 1.65. The second-order valence-electron chi connectivity index (χ2n) is 9.49. The van der Waals surface area contributed by atoms with Gasteiger partial charge in [-0.1, -0.05) is 24.3 Å². The zero-order valence-corrected chi connectivity index (χ0v) is 22.0. The molecule has 0 saturated heterocycles. The summed E-state index contributed by atoms with van der Waals surface area (Å²) < 4.78 is 6.85. The number of nitrogens with one attached hydrogen (secondary N) is 1. The third-order valence-electron chi connectivity index (χ3n) is 5.50. The van der Waals surface area contributed by atoms with E-state index in [1.54, 1.807) is 36.0 Å². The van der Waals surface area contributed by atoms with Crippen molar-refractivity contribution in [2.45, 2.75) is 44.4 Å². The van der Waals surface area contributed by atoms with Crippen LogP contribution < -0.4 is 10.9 Å². The van der Waals surface area contributed by atoms with Gasteiger partial charge in [0.15, 0.2) is 0 Å². The molecule has 0 aliphatic carbocycles. The van der Waals surface area contributed by atoms with E-state index in [1.165, 1.54) is 23.2 Å². The number of rotatable bonds is 7. The molecule has 9 heteroatoms. The number of nitrogens with zero attached hydrogens (tertiary/aromatic N) is 3. The summed E-state index contributed by atoms with van der Waals surface area (Å²) in [6.45, 7) is 6.05. The van der Waals surface area contributed by atoms with Gasteiger partial charge in [0.05, 0.1) is 35.5 Å². The number of carbonyl (C=O) groups excluding carboxylic acids is 2. The van der Waals surface area contributed by atoms with Crippen LogP contribution in [0, 0.1) is 0 Å². The highest BCUT2D eigenvalue weighted by molar-refractivity contribution is 7.98. The predicted octanol–water partition coefficient (Wildman–Crippen LogP) is 4.45. The third-order valence-corrected chi connectivity index (χ3v) is 6.24. The van der Waals surface area contributed by atoms with Crippen molar-refractivity contribution < 1.29 is 14.3 Å². The molecule has 2 heterocycles. The predicted molar refractivity (Wildman–Crippen MR) is 144 cm³/mol. The molecule has 0 spiro atoms. The average molecular weight is 517 g/mol. The van der Waals surface area contributed by atoms with E-state index >= 15 is 0 Å². The Bertz CT molecular complexity index is 1490. The highest BCUT2D eigenvalue weighted by atomic mass is 32.2. The van der Waals surface area contributed by atoms with Gasteiger partial charge < -0.3 is 10.1 Å². The molecule has 0 fully saturated rings. The summed E-state index contributed by atoms with van der Waals surface area (Å²) in [6, 6.07) is 16.3. The number of amides is 1. The number of hydrogen-bond acceptors (Lipinski definition) is 7. The Hall–Kier alpha value is -3.98. The zero-order chi connectivity index (χ0) is 26.6. The first-order valence-electron chi connectivity index (χ1n) is 11.7. The summed E-state index contributed by atoms with van der Waals surface area (Å²) in [6.07, 6.45) is 4.89. The Kier molecular flexibility index (Phi) is 7.73. The number of fused-ring (bicyclic) bond motifs is 1. The normalized spacial score (nSPS) is 11.4. The van der Waals surface area contributed by atoms with Crippen molar-refractivity contribution in [3.63, 3.8) is 0 Å². The maximum atomic E-state index is 13.2. The summed E-state index contributed by atoms with van der Waals surface area (Å²) in [4.78, 5) is 47.8. The van der Waals surface area contributed by atoms with Crippen molar-refractivity contribution >= 4 is 34.5 Å². The number of ether oxygens (including phenoxy) is 1. The van der Waals surface area contributed by atoms with Crippen LogP contribution in [-0.4, -0.2) is 38.3 Å². The first-order chi connectivity index (χ1) is 17.6. The minimum Gasteiger partial charge on any atom is -0.456 e. The number of carbonyl (C=O) groups is 2. The lowest BCUT2D eigenvalue weighted by molar-refractivity contribution is 0.00694. The van der Waals surface area contributed by atoms with Crippen molar-refractivity contribution in [2.75, 3.05) is 6.26 Å². The number of benzene rings is 2. The van der Waals surface area contributed by atoms with Crippen molar-refractivity contribution in [1.29, 1.82) is 0 Å². The molecule has 4 aromatic rings. The quantitative estimate of drug-likeness (QED) is 0.286. The van der Waals surface area contributed by atoms with Crippen molar-refractivity contribution in [2.24, 2.45) is 0 Å². The molecule has 190 valence electrons. The van der Waals surface area contributed by atoms with Gasteiger partial charge in [0.1, 0.15) is 11.3 Å². The van der Waals surface area contributed by atoms with Crippen LogP contribution in [-0.2, 0) is 17.8 Å². The maximum Gasteiger partial charge on any atom is 0.338 e. The Balaban J connectivity index is 1.48. The molecule has 2 aromatic carbocycles. The van der Waals surface area contributed by atoms with E-state index in [9.17, 15) is 14.4 Å². The molecule has 8 nitrogen and oxygen atoms in total. The van der Waals surface area contributed by atoms with Gasteiger partial charge in [0, 0.05) is 11.4 Å². The van der Waals surface area contributed by atoms with E-state index in [2.05, 4.69) is 15.3 Å². The molecule has 0 saturated carbocycles. The first-order valence-corrected chi connectivity index (χ1v) is 12.9. The smallest absolute Gasteiger partial charge is 0.338 e. The molecule has 1 N–H and O–H groups in total. The SMILES string of the molecule is CSc1ccc(CNC(=O)c2cc3c(=O)n(Cc4ccc(C(=O)OC(C)(C)C)cc4)cnc3cn2)cc1. The number of aromatic nitrogens is 3. The maximum absolute atomic E-state index is 13.2. The van der Waals surface area contributed by atoms with Crippen molar-refractivity contribution in [3.8, 4) is 0 Å². The van der Waals surface area contributed by atoms with Gasteiger partial charge in [-0.05, 0) is 68.5 Å². The highest BCUT2D eigenvalue weighted by Crippen LogP contribution is 2.16. The number of pyridine rings is 1. The molecule has 0 aliphatic heterocycles. The average Bonchev–Trinajstić information content (AvgIpc) is 2.88. The lowest BCUT2D eigenvalue weighted by atomic mass is 10.1. The minimum absolute atomic E-state index is 0.145. The molecular weight excluding hydrogens is 488 g/mol. The van der Waals surface area contributed by atoms with Gasteiger partial charge in [-0.25, -0.2) is 14.8 Å². The summed E-state index contributed by atoms with van der Waals surface area (Å²) in [5, 5.41) is 3.15. The van der Waals surface area contributed by atoms with Gasteiger partial charge >= 0.3 is 5.97 Å². The lowest BCUT2D eigenvalue weighted by Crippen LogP contribution is -2.25. The first kappa shape index (κ1) is 26.1. The van der Waals surface area contributed by atoms with Crippen LogP contribution in [0.3, 0.4) is 0 Å². The molecule has 0 radical (unpaired) electrons. The van der Waals surface area contributed by atoms with Crippen molar-refractivity contribution in [3.05, 3.63) is 99.9 Å². The Morgan fingerprint density at radius 2 is 1.68 bits per heavy atom. The fraction of sp³-hybridized carbons (Fsp3) is 0.250. The van der Waals surface area contributed by atoms with Crippen molar-refractivity contribution in [1.82, 2.24) is 19.9 Å². The topological polar surface area (TPSA) is 103 Å². The standard InChI is InChI=1S/C28H28N4O4S/c1-28(2,3)36-27(35)20-9-5-19(6-10-20)16-32-17-31-24-15-29-23(13-22(24)26(32)34)25(33)30-14-18-7-11-21(37-4)12-8-18/h5-13,15,17H,14,16H2,1-4H3,(H,30,33). The second-order valence-corrected chi connectivity index (χ2v) is 10.4. The summed E-state index contributed by atoms with van der Waals surface area (Å²) in [7, 11) is 0. The number of thioether (sulfide) groups is 1. The van der Waals surface area contributed by atoms with E-state index in [1.807, 2.05) is 51.3 Å². The van der Waals surface area contributed by atoms with Gasteiger partial charge in [-0.15, -0.1) is 11.8 Å². The van der Waals surface area contributed by atoms with E-state index in [-0.39, 0.29) is 23.7 Å². The fourth-order valence-electron chi connectivity index (χ4n) is 3.59. The second kappa shape index (κ2) is 11.0. The van der Waals surface area contributed by atoms with Crippen LogP contribution in [0.25, 0.3) is 10.9 Å². The number of esters is 1. The van der Waals surface area contributed by atoms with Crippen LogP contribution in [0.4, 0.5) is 0 Å². The molecule has 2 aromatic heterocycles. The summed E-state index contributed by atoms with van der Waals surface area (Å²) in [5.74, 6) is -0.776. The van der Waals surface area contributed by atoms with E-state index in [0.717, 1.165) is 16.0 Å². The van der Waals surface area contributed by atoms with Gasteiger partial charge in [0.25, 0.3) is 11.5 Å². The molecule has 1 amide bonds. The zero-order valence-electron chi connectivity index (χ0n) is 21.1. The van der Waals surface area contributed by atoms with E-state index < -0.39 is 11.6 Å². The molecule has 0 bridgehead atoms. The molecule has 0 atom stereocenters. The van der Waals surface area contributed by atoms with Crippen LogP contribution in [0.2, 0.25) is 0 Å². The van der Waals surface area contributed by atoms with Gasteiger partial charge in [-0.3, -0.25) is 14.2 Å². The van der Waals surface area contributed by atoms with Gasteiger partial charge in [0.2, 0.25) is 0 Å². The Labute approximate surface area is 219 Å². The lowest BCUT2D eigenvalue weighted by Gasteiger charge is -2.19. The van der Waals surface area contributed by atoms with Crippen LogP contribution in [0.1, 0.15) is 52.7 Å². The number of hydrogen-bond donors (Lipinski definition) is 1. The molecular formula is C28H28N4O4S. The fourth-order valence-corrected chi connectivity index (χ4v) is 4.00.